The van der Waals surface area contributed by atoms with E-state index in [0.717, 1.165) is 38.6 Å². The van der Waals surface area contributed by atoms with Gasteiger partial charge < -0.3 is 74.0 Å². The highest BCUT2D eigenvalue weighted by molar-refractivity contribution is 5.26. The first kappa shape index (κ1) is 45.3. The molecule has 8 fully saturated rings. The molecule has 0 aromatic carbocycles. The second-order valence-electron chi connectivity index (χ2n) is 21.2. The number of hydrogen-bond acceptors (Lipinski definition) is 16. The molecule has 26 atom stereocenters. The molecule has 9 rings (SSSR count). The van der Waals surface area contributed by atoms with Crippen LogP contribution in [0.5, 0.6) is 0 Å². The van der Waals surface area contributed by atoms with E-state index in [1.165, 1.54) is 38.7 Å². The summed E-state index contributed by atoms with van der Waals surface area (Å²) in [6, 6.07) is 0. The van der Waals surface area contributed by atoms with Crippen molar-refractivity contribution in [2.45, 2.75) is 209 Å². The number of aliphatic hydroxyl groups is 8. The lowest BCUT2D eigenvalue weighted by Crippen LogP contribution is -2.66. The SMILES string of the molecule is CC1CCC2(NC1)OC1CC3C4CC=C5CC(OC6OC(CO)C(OC7OC(C)C(O)C(O)C7OC7OC(C)C(O)C(O)C7O)C(O)C6O)CCC5(C)C4CCC3(C)C1C2C. The van der Waals surface area contributed by atoms with Crippen molar-refractivity contribution in [3.8, 4) is 0 Å². The molecule has 0 aromatic heterocycles. The van der Waals surface area contributed by atoms with Gasteiger partial charge in [-0.15, -0.1) is 0 Å². The first-order chi connectivity index (χ1) is 28.9. The molecular weight excluding hydrogens is 794 g/mol. The average Bonchev–Trinajstić information content (AvgIpc) is 3.69. The Hall–Kier alpha value is -0.900. The maximum Gasteiger partial charge on any atom is 0.187 e. The quantitative estimate of drug-likeness (QED) is 0.161. The van der Waals surface area contributed by atoms with Gasteiger partial charge in [-0.1, -0.05) is 39.3 Å². The van der Waals surface area contributed by atoms with Crippen LogP contribution >= 0.6 is 0 Å². The molecule has 0 aromatic rings. The Bertz CT molecular complexity index is 1600. The molecule has 348 valence electrons. The van der Waals surface area contributed by atoms with Gasteiger partial charge in [-0.3, -0.25) is 5.32 Å². The lowest BCUT2D eigenvalue weighted by molar-refractivity contribution is -0.386. The summed E-state index contributed by atoms with van der Waals surface area (Å²) < 4.78 is 43.0. The molecule has 0 bridgehead atoms. The van der Waals surface area contributed by atoms with Crippen molar-refractivity contribution in [2.75, 3.05) is 13.2 Å². The number of fused-ring (bicyclic) bond motifs is 7. The normalized spacial score (nSPS) is 58.4. The summed E-state index contributed by atoms with van der Waals surface area (Å²) in [6.07, 6.45) is -9.80. The van der Waals surface area contributed by atoms with Crippen molar-refractivity contribution >= 4 is 0 Å². The zero-order valence-electron chi connectivity index (χ0n) is 36.6. The Morgan fingerprint density at radius 1 is 0.705 bits per heavy atom. The van der Waals surface area contributed by atoms with Crippen LogP contribution in [-0.2, 0) is 33.2 Å². The van der Waals surface area contributed by atoms with Gasteiger partial charge in [0.25, 0.3) is 0 Å². The van der Waals surface area contributed by atoms with Gasteiger partial charge in [0.2, 0.25) is 0 Å². The molecule has 26 unspecified atom stereocenters. The minimum Gasteiger partial charge on any atom is -0.394 e. The minimum atomic E-state index is -1.73. The van der Waals surface area contributed by atoms with Gasteiger partial charge >= 0.3 is 0 Å². The summed E-state index contributed by atoms with van der Waals surface area (Å²) >= 11 is 0. The fourth-order valence-corrected chi connectivity index (χ4v) is 14.2. The molecule has 5 heterocycles. The molecule has 5 aliphatic heterocycles. The summed E-state index contributed by atoms with van der Waals surface area (Å²) in [7, 11) is 0. The lowest BCUT2D eigenvalue weighted by atomic mass is 9.47. The van der Waals surface area contributed by atoms with Crippen molar-refractivity contribution < 1.29 is 74.0 Å². The Morgan fingerprint density at radius 3 is 2.07 bits per heavy atom. The summed E-state index contributed by atoms with van der Waals surface area (Å²) in [5.41, 5.74) is 1.52. The predicted molar refractivity (Wildman–Crippen MR) is 215 cm³/mol. The largest absolute Gasteiger partial charge is 0.394 e. The maximum absolute atomic E-state index is 11.5. The molecule has 5 saturated heterocycles. The van der Waals surface area contributed by atoms with Crippen molar-refractivity contribution in [1.82, 2.24) is 5.32 Å². The summed E-state index contributed by atoms with van der Waals surface area (Å²) in [6.45, 7) is 13.2. The number of rotatable bonds is 7. The van der Waals surface area contributed by atoms with Crippen LogP contribution in [0.15, 0.2) is 11.6 Å². The van der Waals surface area contributed by atoms with Crippen molar-refractivity contribution in [3.63, 3.8) is 0 Å². The van der Waals surface area contributed by atoms with Crippen LogP contribution in [-0.4, -0.2) is 164 Å². The molecule has 3 saturated carbocycles. The van der Waals surface area contributed by atoms with E-state index in [9.17, 15) is 40.9 Å². The smallest absolute Gasteiger partial charge is 0.187 e. The third-order valence-corrected chi connectivity index (χ3v) is 17.9. The molecule has 1 spiro atoms. The van der Waals surface area contributed by atoms with E-state index in [2.05, 4.69) is 39.1 Å². The Labute approximate surface area is 359 Å². The van der Waals surface area contributed by atoms with Crippen LogP contribution in [0.4, 0.5) is 0 Å². The van der Waals surface area contributed by atoms with Gasteiger partial charge in [0.1, 0.15) is 66.8 Å². The molecule has 0 amide bonds. The standard InChI is InChI=1S/C45H73NO15/c1-19-9-14-45(46-17-19)20(2)30-28(61-45)16-27-25-8-7-23-15-24(10-12-43(23,5)26(25)11-13-44(27,30)6)57-41-37(54)35(52)38(29(18-47)58-41)59-42-39(34(51)32(49)22(4)56-42)60-40-36(53)33(50)31(48)21(3)55-40/h7,19-22,24-42,46-54H,8-18H2,1-6H3. The molecule has 61 heavy (non-hydrogen) atoms. The van der Waals surface area contributed by atoms with E-state index in [1.807, 2.05) is 0 Å². The zero-order chi connectivity index (χ0) is 43.5. The number of aliphatic hydroxyl groups excluding tert-OH is 8. The molecule has 9 N–H and O–H groups in total. The minimum absolute atomic E-state index is 0.0389. The molecule has 9 aliphatic rings. The number of nitrogens with one attached hydrogen (secondary N) is 1. The van der Waals surface area contributed by atoms with E-state index >= 15 is 0 Å². The fourth-order valence-electron chi connectivity index (χ4n) is 14.2. The first-order valence-corrected chi connectivity index (χ1v) is 23.3. The number of piperidine rings is 1. The Kier molecular flexibility index (Phi) is 12.4. The summed E-state index contributed by atoms with van der Waals surface area (Å²) in [5.74, 6) is 3.55. The van der Waals surface area contributed by atoms with Crippen LogP contribution in [0.1, 0.15) is 99.3 Å². The van der Waals surface area contributed by atoms with Gasteiger partial charge in [-0.2, -0.15) is 0 Å². The third-order valence-electron chi connectivity index (χ3n) is 17.9. The topological polar surface area (TPSA) is 238 Å². The van der Waals surface area contributed by atoms with Gasteiger partial charge in [-0.05, 0) is 112 Å². The monoisotopic (exact) mass is 867 g/mol. The molecule has 4 aliphatic carbocycles. The summed E-state index contributed by atoms with van der Waals surface area (Å²) in [5, 5.41) is 90.1. The molecular formula is C45H73NO15. The van der Waals surface area contributed by atoms with Crippen LogP contribution in [0.25, 0.3) is 0 Å². The van der Waals surface area contributed by atoms with E-state index in [4.69, 9.17) is 33.2 Å². The van der Waals surface area contributed by atoms with Crippen LogP contribution < -0.4 is 5.32 Å². The highest BCUT2D eigenvalue weighted by Gasteiger charge is 2.68. The lowest BCUT2D eigenvalue weighted by Gasteiger charge is -2.59. The highest BCUT2D eigenvalue weighted by Crippen LogP contribution is 2.70. The van der Waals surface area contributed by atoms with E-state index in [1.54, 1.807) is 0 Å². The fraction of sp³-hybridized carbons (Fsp3) is 0.956. The van der Waals surface area contributed by atoms with Crippen LogP contribution in [0, 0.1) is 46.3 Å². The van der Waals surface area contributed by atoms with Crippen LogP contribution in [0.3, 0.4) is 0 Å². The number of ether oxygens (including phenoxy) is 7. The average molecular weight is 868 g/mol. The Balaban J connectivity index is 0.843. The number of hydrogen-bond donors (Lipinski definition) is 9. The highest BCUT2D eigenvalue weighted by atomic mass is 16.8. The molecule has 16 nitrogen and oxygen atoms in total. The van der Waals surface area contributed by atoms with Crippen LogP contribution in [0.2, 0.25) is 0 Å². The maximum atomic E-state index is 11.5. The summed E-state index contributed by atoms with van der Waals surface area (Å²) in [4.78, 5) is 0. The van der Waals surface area contributed by atoms with E-state index in [0.29, 0.717) is 48.0 Å². The predicted octanol–water partition coefficient (Wildman–Crippen LogP) is 0.815. The third kappa shape index (κ3) is 7.42. The molecule has 0 radical (unpaired) electrons. The van der Waals surface area contributed by atoms with Gasteiger partial charge in [-0.25, -0.2) is 0 Å². The second kappa shape index (κ2) is 16.8. The van der Waals surface area contributed by atoms with Gasteiger partial charge in [0, 0.05) is 12.5 Å². The first-order valence-electron chi connectivity index (χ1n) is 23.3. The molecule has 16 heteroatoms. The van der Waals surface area contributed by atoms with Crippen molar-refractivity contribution in [2.24, 2.45) is 46.3 Å². The van der Waals surface area contributed by atoms with Gasteiger partial charge in [0.15, 0.2) is 18.9 Å². The van der Waals surface area contributed by atoms with E-state index < -0.39 is 98.7 Å². The van der Waals surface area contributed by atoms with Gasteiger partial charge in [0.05, 0.1) is 31.0 Å². The van der Waals surface area contributed by atoms with Crippen molar-refractivity contribution in [1.29, 1.82) is 0 Å². The second-order valence-corrected chi connectivity index (χ2v) is 21.2. The zero-order valence-corrected chi connectivity index (χ0v) is 36.6. The number of allylic oxidation sites excluding steroid dienone is 1. The van der Waals surface area contributed by atoms with E-state index in [-0.39, 0.29) is 22.7 Å². The Morgan fingerprint density at radius 2 is 1.36 bits per heavy atom. The van der Waals surface area contributed by atoms with Crippen molar-refractivity contribution in [3.05, 3.63) is 11.6 Å².